The lowest BCUT2D eigenvalue weighted by Crippen LogP contribution is -2.50. The van der Waals surface area contributed by atoms with E-state index in [1.807, 2.05) is 25.1 Å². The van der Waals surface area contributed by atoms with Crippen molar-refractivity contribution in [3.8, 4) is 0 Å². The molecule has 8 heteroatoms. The molecule has 0 N–H and O–H groups in total. The highest BCUT2D eigenvalue weighted by Gasteiger charge is 2.37. The number of sulfonamides is 1. The Kier molecular flexibility index (Phi) is 4.84. The maximum absolute atomic E-state index is 13.5. The van der Waals surface area contributed by atoms with Crippen LogP contribution in [0.5, 0.6) is 0 Å². The maximum Gasteiger partial charge on any atom is 0.414 e. The number of nitrogens with zero attached hydrogens (tertiary/aromatic N) is 2. The van der Waals surface area contributed by atoms with E-state index in [1.54, 1.807) is 4.90 Å². The van der Waals surface area contributed by atoms with E-state index in [1.165, 1.54) is 22.5 Å². The molecule has 1 saturated heterocycles. The Hall–Kier alpha value is -2.45. The van der Waals surface area contributed by atoms with Crippen LogP contribution in [-0.4, -0.2) is 37.9 Å². The van der Waals surface area contributed by atoms with E-state index in [0.717, 1.165) is 22.9 Å². The molecular formula is C20H21FN2O4S. The molecule has 0 saturated carbocycles. The molecule has 0 bridgehead atoms. The number of anilines is 1. The van der Waals surface area contributed by atoms with E-state index >= 15 is 0 Å². The lowest BCUT2D eigenvalue weighted by Gasteiger charge is -2.40. The molecule has 6 nitrogen and oxygen atoms in total. The summed E-state index contributed by atoms with van der Waals surface area (Å²) in [5.74, 6) is -0.584. The molecule has 0 atom stereocenters. The van der Waals surface area contributed by atoms with Gasteiger partial charge in [0.1, 0.15) is 12.4 Å². The number of benzene rings is 2. The zero-order chi connectivity index (χ0) is 19.9. The molecule has 1 fully saturated rings. The van der Waals surface area contributed by atoms with Gasteiger partial charge in [-0.25, -0.2) is 17.6 Å². The summed E-state index contributed by atoms with van der Waals surface area (Å²) >= 11 is 0. The van der Waals surface area contributed by atoms with Gasteiger partial charge in [0, 0.05) is 24.7 Å². The summed E-state index contributed by atoms with van der Waals surface area (Å²) in [5, 5.41) is 0. The summed E-state index contributed by atoms with van der Waals surface area (Å²) in [6.45, 7) is 2.72. The first-order valence-corrected chi connectivity index (χ1v) is 10.6. The van der Waals surface area contributed by atoms with Crippen LogP contribution in [0.25, 0.3) is 0 Å². The normalized spacial score (nSPS) is 18.6. The number of cyclic esters (lactones) is 1. The maximum atomic E-state index is 13.5. The minimum Gasteiger partial charge on any atom is -0.444 e. The summed E-state index contributed by atoms with van der Waals surface area (Å²) in [6.07, 6.45) is 0.572. The van der Waals surface area contributed by atoms with Crippen molar-refractivity contribution in [3.05, 3.63) is 59.4 Å². The topological polar surface area (TPSA) is 66.9 Å². The van der Waals surface area contributed by atoms with E-state index < -0.39 is 21.9 Å². The van der Waals surface area contributed by atoms with Crippen LogP contribution in [0.4, 0.5) is 14.9 Å². The molecule has 28 heavy (non-hydrogen) atoms. The van der Waals surface area contributed by atoms with Crippen LogP contribution in [0, 0.1) is 12.7 Å². The average Bonchev–Trinajstić information content (AvgIpc) is 2.69. The van der Waals surface area contributed by atoms with Gasteiger partial charge in [0.2, 0.25) is 10.0 Å². The lowest BCUT2D eigenvalue weighted by molar-refractivity contribution is 0.135. The Morgan fingerprint density at radius 3 is 2.54 bits per heavy atom. The van der Waals surface area contributed by atoms with Crippen molar-refractivity contribution in [2.75, 3.05) is 18.0 Å². The van der Waals surface area contributed by atoms with Crippen molar-refractivity contribution >= 4 is 21.8 Å². The van der Waals surface area contributed by atoms with Crippen LogP contribution in [0.1, 0.15) is 24.0 Å². The molecule has 2 aromatic rings. The molecule has 0 aliphatic carbocycles. The van der Waals surface area contributed by atoms with Gasteiger partial charge in [0.15, 0.2) is 0 Å². The molecule has 0 aromatic heterocycles. The van der Waals surface area contributed by atoms with Crippen molar-refractivity contribution in [3.63, 3.8) is 0 Å². The van der Waals surface area contributed by atoms with Crippen LogP contribution >= 0.6 is 0 Å². The third kappa shape index (κ3) is 3.27. The SMILES string of the molecule is Cc1cccc2c1N(C1CCN(S(=O)(=O)c3cccc(F)c3)CC1)C(=O)OC2. The minimum atomic E-state index is -3.76. The quantitative estimate of drug-likeness (QED) is 0.786. The lowest BCUT2D eigenvalue weighted by atomic mass is 10.00. The molecule has 0 unspecified atom stereocenters. The van der Waals surface area contributed by atoms with Crippen LogP contribution in [-0.2, 0) is 21.4 Å². The Morgan fingerprint density at radius 2 is 1.82 bits per heavy atom. The van der Waals surface area contributed by atoms with Crippen molar-refractivity contribution in [2.24, 2.45) is 0 Å². The second-order valence-corrected chi connectivity index (χ2v) is 9.04. The van der Waals surface area contributed by atoms with Crippen LogP contribution in [0.15, 0.2) is 47.4 Å². The Labute approximate surface area is 163 Å². The van der Waals surface area contributed by atoms with Gasteiger partial charge in [0.25, 0.3) is 0 Å². The highest BCUT2D eigenvalue weighted by molar-refractivity contribution is 7.89. The molecular weight excluding hydrogens is 383 g/mol. The second kappa shape index (κ2) is 7.18. The second-order valence-electron chi connectivity index (χ2n) is 7.10. The molecule has 2 heterocycles. The van der Waals surface area contributed by atoms with E-state index in [2.05, 4.69) is 0 Å². The number of halogens is 1. The van der Waals surface area contributed by atoms with Gasteiger partial charge in [-0.1, -0.05) is 24.3 Å². The minimum absolute atomic E-state index is 0.0514. The number of hydrogen-bond donors (Lipinski definition) is 0. The molecule has 148 valence electrons. The van der Waals surface area contributed by atoms with Gasteiger partial charge >= 0.3 is 6.09 Å². The highest BCUT2D eigenvalue weighted by atomic mass is 32.2. The molecule has 0 spiro atoms. The van der Waals surface area contributed by atoms with E-state index in [0.29, 0.717) is 12.8 Å². The third-order valence-corrected chi connectivity index (χ3v) is 7.23. The zero-order valence-electron chi connectivity index (χ0n) is 15.5. The predicted octanol–water partition coefficient (Wildman–Crippen LogP) is 3.44. The first-order valence-electron chi connectivity index (χ1n) is 9.18. The van der Waals surface area contributed by atoms with Gasteiger partial charge < -0.3 is 4.74 Å². The fraction of sp³-hybridized carbons (Fsp3) is 0.350. The largest absolute Gasteiger partial charge is 0.444 e. The van der Waals surface area contributed by atoms with Crippen molar-refractivity contribution in [2.45, 2.75) is 37.3 Å². The number of rotatable bonds is 3. The highest BCUT2D eigenvalue weighted by Crippen LogP contribution is 2.35. The Morgan fingerprint density at radius 1 is 1.11 bits per heavy atom. The van der Waals surface area contributed by atoms with Crippen molar-refractivity contribution in [1.29, 1.82) is 0 Å². The van der Waals surface area contributed by atoms with Crippen molar-refractivity contribution in [1.82, 2.24) is 4.31 Å². The molecule has 1 amide bonds. The fourth-order valence-corrected chi connectivity index (χ4v) is 5.43. The van der Waals surface area contributed by atoms with Gasteiger partial charge in [0.05, 0.1) is 10.6 Å². The van der Waals surface area contributed by atoms with Gasteiger partial charge in [-0.2, -0.15) is 4.31 Å². The standard InChI is InChI=1S/C20H21FN2O4S/c1-14-4-2-5-15-13-27-20(24)23(19(14)15)17-8-10-22(11-9-17)28(25,26)18-7-3-6-16(21)12-18/h2-7,12,17H,8-11,13H2,1H3. The Balaban J connectivity index is 1.55. The number of fused-ring (bicyclic) bond motifs is 1. The average molecular weight is 404 g/mol. The first kappa shape index (κ1) is 18.9. The van der Waals surface area contributed by atoms with Gasteiger partial charge in [-0.15, -0.1) is 0 Å². The van der Waals surface area contributed by atoms with Crippen LogP contribution in [0.3, 0.4) is 0 Å². The first-order chi connectivity index (χ1) is 13.4. The summed E-state index contributed by atoms with van der Waals surface area (Å²) in [4.78, 5) is 14.1. The number of carbonyl (C=O) groups is 1. The number of para-hydroxylation sites is 1. The summed E-state index contributed by atoms with van der Waals surface area (Å²) in [6, 6.07) is 10.7. The fourth-order valence-electron chi connectivity index (χ4n) is 3.93. The molecule has 2 aliphatic heterocycles. The molecule has 2 aromatic carbocycles. The van der Waals surface area contributed by atoms with Crippen LogP contribution < -0.4 is 4.90 Å². The van der Waals surface area contributed by atoms with E-state index in [9.17, 15) is 17.6 Å². The van der Waals surface area contributed by atoms with Crippen molar-refractivity contribution < 1.29 is 22.3 Å². The van der Waals surface area contributed by atoms with Gasteiger partial charge in [-0.05, 0) is 43.5 Å². The van der Waals surface area contributed by atoms with Crippen LogP contribution in [0.2, 0.25) is 0 Å². The third-order valence-electron chi connectivity index (χ3n) is 5.33. The molecule has 4 rings (SSSR count). The number of ether oxygens (including phenoxy) is 1. The molecule has 0 radical (unpaired) electrons. The number of amides is 1. The predicted molar refractivity (Wildman–Crippen MR) is 102 cm³/mol. The number of carbonyl (C=O) groups excluding carboxylic acids is 1. The number of aryl methyl sites for hydroxylation is 1. The van der Waals surface area contributed by atoms with Gasteiger partial charge in [-0.3, -0.25) is 4.90 Å². The van der Waals surface area contributed by atoms with E-state index in [4.69, 9.17) is 4.74 Å². The molecule has 2 aliphatic rings. The summed E-state index contributed by atoms with van der Waals surface area (Å²) in [5.41, 5.74) is 2.81. The summed E-state index contributed by atoms with van der Waals surface area (Å²) in [7, 11) is -3.76. The smallest absolute Gasteiger partial charge is 0.414 e. The number of hydrogen-bond acceptors (Lipinski definition) is 4. The monoisotopic (exact) mass is 404 g/mol. The number of piperidine rings is 1. The summed E-state index contributed by atoms with van der Waals surface area (Å²) < 4.78 is 45.7. The zero-order valence-corrected chi connectivity index (χ0v) is 16.3. The Bertz CT molecular complexity index is 1020. The van der Waals surface area contributed by atoms with E-state index in [-0.39, 0.29) is 30.6 Å².